The van der Waals surface area contributed by atoms with Gasteiger partial charge in [0.25, 0.3) is 5.56 Å². The zero-order chi connectivity index (χ0) is 19.2. The molecule has 134 valence electrons. The highest BCUT2D eigenvalue weighted by atomic mass is 35.5. The van der Waals surface area contributed by atoms with E-state index in [2.05, 4.69) is 4.98 Å². The summed E-state index contributed by atoms with van der Waals surface area (Å²) in [5.41, 5.74) is 2.41. The molecule has 0 radical (unpaired) electrons. The Balaban J connectivity index is 2.29. The van der Waals surface area contributed by atoms with Crippen molar-refractivity contribution in [3.05, 3.63) is 76.5 Å². The van der Waals surface area contributed by atoms with Crippen LogP contribution < -0.4 is 5.56 Å². The molecular weight excluding hydrogens is 459 g/mol. The summed E-state index contributed by atoms with van der Waals surface area (Å²) in [7, 11) is 0. The number of aromatic nitrogens is 1. The van der Waals surface area contributed by atoms with Crippen molar-refractivity contribution in [3.63, 3.8) is 0 Å². The number of hydrogen-bond donors (Lipinski definition) is 1. The first-order valence-corrected chi connectivity index (χ1v) is 9.49. The van der Waals surface area contributed by atoms with Crippen molar-refractivity contribution in [2.45, 2.75) is 6.92 Å². The van der Waals surface area contributed by atoms with Gasteiger partial charge in [-0.2, -0.15) is 0 Å². The zero-order valence-electron chi connectivity index (χ0n) is 13.1. The summed E-state index contributed by atoms with van der Waals surface area (Å²) in [5.74, 6) is 0. The van der Waals surface area contributed by atoms with Gasteiger partial charge in [0.15, 0.2) is 0 Å². The largest absolute Gasteiger partial charge is 0.325 e. The molecule has 0 spiro atoms. The lowest BCUT2D eigenvalue weighted by molar-refractivity contribution is 1.15. The van der Waals surface area contributed by atoms with Crippen LogP contribution in [0.15, 0.2) is 35.1 Å². The molecular formula is C18H9Cl6NO. The Hall–Kier alpha value is -0.870. The predicted octanol–water partition coefficient (Wildman–Crippen LogP) is 7.94. The van der Waals surface area contributed by atoms with Crippen LogP contribution in [0, 0.1) is 6.92 Å². The Morgan fingerprint density at radius 1 is 0.577 bits per heavy atom. The highest BCUT2D eigenvalue weighted by Gasteiger charge is 2.16. The number of nitrogens with one attached hydrogen (secondary N) is 1. The SMILES string of the molecule is Cc1[nH]c(=O)c(-c2cc(Cl)c(Cl)cc2Cl)cc1-c1cc(Cl)c(Cl)cc1Cl. The second-order valence-corrected chi connectivity index (χ2v) is 7.99. The maximum Gasteiger partial charge on any atom is 0.256 e. The van der Waals surface area contributed by atoms with Crippen LogP contribution in [-0.4, -0.2) is 4.98 Å². The van der Waals surface area contributed by atoms with E-state index in [4.69, 9.17) is 69.6 Å². The maximum absolute atomic E-state index is 12.5. The number of aryl methyl sites for hydroxylation is 1. The molecule has 0 atom stereocenters. The molecule has 1 aromatic heterocycles. The highest BCUT2D eigenvalue weighted by molar-refractivity contribution is 6.44. The summed E-state index contributed by atoms with van der Waals surface area (Å²) in [6, 6.07) is 7.92. The number of pyridine rings is 1. The lowest BCUT2D eigenvalue weighted by atomic mass is 9.99. The average molecular weight is 468 g/mol. The summed E-state index contributed by atoms with van der Waals surface area (Å²) in [5, 5.41) is 2.00. The molecule has 3 rings (SSSR count). The summed E-state index contributed by atoms with van der Waals surface area (Å²) in [6.07, 6.45) is 0. The minimum absolute atomic E-state index is 0.292. The van der Waals surface area contributed by atoms with Crippen LogP contribution in [0.3, 0.4) is 0 Å². The van der Waals surface area contributed by atoms with Gasteiger partial charge in [0, 0.05) is 27.9 Å². The monoisotopic (exact) mass is 465 g/mol. The molecule has 0 aliphatic rings. The number of hydrogen-bond acceptors (Lipinski definition) is 1. The van der Waals surface area contributed by atoms with Gasteiger partial charge < -0.3 is 4.98 Å². The molecule has 2 aromatic carbocycles. The van der Waals surface area contributed by atoms with Crippen molar-refractivity contribution >= 4 is 69.6 Å². The maximum atomic E-state index is 12.5. The number of halogens is 6. The molecule has 1 heterocycles. The van der Waals surface area contributed by atoms with E-state index in [9.17, 15) is 4.79 Å². The predicted molar refractivity (Wildman–Crippen MR) is 113 cm³/mol. The smallest absolute Gasteiger partial charge is 0.256 e. The molecule has 1 N–H and O–H groups in total. The van der Waals surface area contributed by atoms with Crippen molar-refractivity contribution < 1.29 is 0 Å². The molecule has 3 aromatic rings. The summed E-state index contributed by atoms with van der Waals surface area (Å²) in [4.78, 5) is 15.3. The fraction of sp³-hybridized carbons (Fsp3) is 0.0556. The molecule has 0 bridgehead atoms. The van der Waals surface area contributed by atoms with Gasteiger partial charge in [-0.15, -0.1) is 0 Å². The van der Waals surface area contributed by atoms with Gasteiger partial charge in [0.1, 0.15) is 0 Å². The lowest BCUT2D eigenvalue weighted by Gasteiger charge is -2.13. The molecule has 0 aliphatic heterocycles. The second-order valence-electron chi connectivity index (χ2n) is 5.54. The standard InChI is InChI=1S/C18H9Cl6NO/c1-7-8(9-3-14(21)16(23)5-12(9)19)2-11(18(26)25-7)10-4-15(22)17(24)6-13(10)20/h2-6H,1H3,(H,25,26). The van der Waals surface area contributed by atoms with Crippen molar-refractivity contribution in [3.8, 4) is 22.3 Å². The number of benzene rings is 2. The zero-order valence-corrected chi connectivity index (χ0v) is 17.6. The van der Waals surface area contributed by atoms with E-state index in [1.807, 2.05) is 0 Å². The minimum atomic E-state index is -0.317. The van der Waals surface area contributed by atoms with Gasteiger partial charge in [-0.05, 0) is 37.3 Å². The minimum Gasteiger partial charge on any atom is -0.325 e. The molecule has 8 heteroatoms. The van der Waals surface area contributed by atoms with Crippen LogP contribution in [-0.2, 0) is 0 Å². The molecule has 0 saturated heterocycles. The molecule has 0 saturated carbocycles. The average Bonchev–Trinajstić information content (AvgIpc) is 2.55. The van der Waals surface area contributed by atoms with Crippen LogP contribution in [0.4, 0.5) is 0 Å². The third kappa shape index (κ3) is 3.73. The van der Waals surface area contributed by atoms with Gasteiger partial charge >= 0.3 is 0 Å². The number of H-pyrrole nitrogens is 1. The topological polar surface area (TPSA) is 32.9 Å². The molecule has 2 nitrogen and oxygen atoms in total. The fourth-order valence-electron chi connectivity index (χ4n) is 2.56. The molecule has 26 heavy (non-hydrogen) atoms. The Labute approximate surface area is 179 Å². The van der Waals surface area contributed by atoms with E-state index < -0.39 is 0 Å². The van der Waals surface area contributed by atoms with E-state index in [1.54, 1.807) is 31.2 Å². The van der Waals surface area contributed by atoms with Gasteiger partial charge in [0.05, 0.1) is 30.1 Å². The van der Waals surface area contributed by atoms with Gasteiger partial charge in [-0.3, -0.25) is 4.79 Å². The Morgan fingerprint density at radius 3 is 1.50 bits per heavy atom. The number of aromatic amines is 1. The third-order valence-electron chi connectivity index (χ3n) is 3.84. The summed E-state index contributed by atoms with van der Waals surface area (Å²) in [6.45, 7) is 1.76. The first-order chi connectivity index (χ1) is 12.2. The Morgan fingerprint density at radius 2 is 1.00 bits per heavy atom. The van der Waals surface area contributed by atoms with Crippen molar-refractivity contribution in [2.24, 2.45) is 0 Å². The van der Waals surface area contributed by atoms with Crippen LogP contribution in [0.1, 0.15) is 5.69 Å². The quantitative estimate of drug-likeness (QED) is 0.381. The second kappa shape index (κ2) is 7.63. The molecule has 0 unspecified atom stereocenters. The van der Waals surface area contributed by atoms with E-state index >= 15 is 0 Å². The molecule has 0 fully saturated rings. The number of rotatable bonds is 2. The fourth-order valence-corrected chi connectivity index (χ4v) is 3.86. The highest BCUT2D eigenvalue weighted by Crippen LogP contribution is 2.39. The van der Waals surface area contributed by atoms with Crippen LogP contribution in [0.5, 0.6) is 0 Å². The van der Waals surface area contributed by atoms with Gasteiger partial charge in [-0.1, -0.05) is 69.6 Å². The van der Waals surface area contributed by atoms with E-state index in [1.165, 1.54) is 6.07 Å². The first-order valence-electron chi connectivity index (χ1n) is 7.22. The first kappa shape index (κ1) is 19.9. The third-order valence-corrected chi connectivity index (χ3v) is 5.91. The molecule has 0 amide bonds. The van der Waals surface area contributed by atoms with E-state index in [0.717, 1.165) is 0 Å². The van der Waals surface area contributed by atoms with Crippen molar-refractivity contribution in [2.75, 3.05) is 0 Å². The van der Waals surface area contributed by atoms with Crippen molar-refractivity contribution in [1.29, 1.82) is 0 Å². The van der Waals surface area contributed by atoms with Gasteiger partial charge in [-0.25, -0.2) is 0 Å². The summed E-state index contributed by atoms with van der Waals surface area (Å²) < 4.78 is 0. The van der Waals surface area contributed by atoms with Crippen LogP contribution >= 0.6 is 69.6 Å². The summed E-state index contributed by atoms with van der Waals surface area (Å²) >= 11 is 36.8. The van der Waals surface area contributed by atoms with Crippen LogP contribution in [0.25, 0.3) is 22.3 Å². The normalized spacial score (nSPS) is 11.0. The Bertz CT molecular complexity index is 1090. The molecule has 0 aliphatic carbocycles. The van der Waals surface area contributed by atoms with E-state index in [0.29, 0.717) is 58.1 Å². The lowest BCUT2D eigenvalue weighted by Crippen LogP contribution is -2.11. The van der Waals surface area contributed by atoms with Crippen molar-refractivity contribution in [1.82, 2.24) is 4.98 Å². The van der Waals surface area contributed by atoms with Gasteiger partial charge in [0.2, 0.25) is 0 Å². The van der Waals surface area contributed by atoms with E-state index in [-0.39, 0.29) is 5.56 Å². The Kier molecular flexibility index (Phi) is 5.83. The van der Waals surface area contributed by atoms with Crippen LogP contribution in [0.2, 0.25) is 30.1 Å².